The van der Waals surface area contributed by atoms with Crippen molar-refractivity contribution in [3.05, 3.63) is 53.9 Å². The second-order valence-corrected chi connectivity index (χ2v) is 5.77. The van der Waals surface area contributed by atoms with E-state index >= 15 is 0 Å². The van der Waals surface area contributed by atoms with E-state index < -0.39 is 23.9 Å². The molecule has 0 spiro atoms. The Hall–Kier alpha value is -2.35. The second kappa shape index (κ2) is 6.27. The fourth-order valence-corrected chi connectivity index (χ4v) is 2.92. The molecule has 24 heavy (non-hydrogen) atoms. The third-order valence-electron chi connectivity index (χ3n) is 4.08. The lowest BCUT2D eigenvalue weighted by Gasteiger charge is -2.25. The summed E-state index contributed by atoms with van der Waals surface area (Å²) in [7, 11) is 0. The molecule has 1 saturated heterocycles. The number of rotatable bonds is 3. The summed E-state index contributed by atoms with van der Waals surface area (Å²) in [5.74, 6) is -0.236. The van der Waals surface area contributed by atoms with E-state index in [1.807, 2.05) is 0 Å². The quantitative estimate of drug-likeness (QED) is 0.933. The van der Waals surface area contributed by atoms with Gasteiger partial charge in [-0.25, -0.2) is 0 Å². The minimum Gasteiger partial charge on any atom is -0.391 e. The number of nitrogens with zero attached hydrogens (tertiary/aromatic N) is 3. The molecule has 0 saturated carbocycles. The van der Waals surface area contributed by atoms with Gasteiger partial charge in [-0.2, -0.15) is 18.3 Å². The first-order valence-corrected chi connectivity index (χ1v) is 7.46. The molecule has 128 valence electrons. The number of benzene rings is 1. The summed E-state index contributed by atoms with van der Waals surface area (Å²) < 4.78 is 39.5. The van der Waals surface area contributed by atoms with E-state index in [2.05, 4.69) is 5.10 Å². The summed E-state index contributed by atoms with van der Waals surface area (Å²) in [6.07, 6.45) is -1.59. The topological polar surface area (TPSA) is 58.4 Å². The molecule has 3 rings (SSSR count). The zero-order valence-electron chi connectivity index (χ0n) is 12.6. The highest BCUT2D eigenvalue weighted by atomic mass is 19.4. The van der Waals surface area contributed by atoms with Crippen molar-refractivity contribution in [2.75, 3.05) is 6.54 Å². The number of hydrogen-bond donors (Lipinski definition) is 1. The maximum Gasteiger partial charge on any atom is 0.416 e. The maximum absolute atomic E-state index is 12.7. The zero-order valence-corrected chi connectivity index (χ0v) is 12.6. The van der Waals surface area contributed by atoms with Crippen LogP contribution in [0, 0.1) is 0 Å². The second-order valence-electron chi connectivity index (χ2n) is 5.77. The number of amides is 1. The van der Waals surface area contributed by atoms with Crippen LogP contribution in [0.1, 0.15) is 23.6 Å². The molecule has 0 aliphatic carbocycles. The van der Waals surface area contributed by atoms with E-state index in [0.29, 0.717) is 12.0 Å². The van der Waals surface area contributed by atoms with Crippen LogP contribution in [0.5, 0.6) is 0 Å². The van der Waals surface area contributed by atoms with Crippen LogP contribution >= 0.6 is 0 Å². The molecule has 1 aromatic heterocycles. The van der Waals surface area contributed by atoms with E-state index in [1.165, 1.54) is 21.7 Å². The highest BCUT2D eigenvalue weighted by Gasteiger charge is 2.36. The Kier molecular flexibility index (Phi) is 4.31. The van der Waals surface area contributed by atoms with Crippen molar-refractivity contribution in [2.24, 2.45) is 0 Å². The average Bonchev–Trinajstić information content (AvgIpc) is 3.16. The molecule has 1 aliphatic rings. The number of aliphatic hydroxyl groups is 1. The molecule has 0 radical (unpaired) electrons. The highest BCUT2D eigenvalue weighted by Crippen LogP contribution is 2.35. The van der Waals surface area contributed by atoms with Gasteiger partial charge in [0, 0.05) is 18.9 Å². The predicted molar refractivity (Wildman–Crippen MR) is 78.7 cm³/mol. The molecule has 1 amide bonds. The molecule has 0 unspecified atom stereocenters. The van der Waals surface area contributed by atoms with Crippen LogP contribution < -0.4 is 0 Å². The van der Waals surface area contributed by atoms with Crippen molar-refractivity contribution >= 4 is 5.91 Å². The molecule has 1 aromatic carbocycles. The van der Waals surface area contributed by atoms with Crippen molar-refractivity contribution in [3.63, 3.8) is 0 Å². The van der Waals surface area contributed by atoms with Crippen molar-refractivity contribution < 1.29 is 23.1 Å². The fourth-order valence-electron chi connectivity index (χ4n) is 2.92. The molecule has 2 aromatic rings. The van der Waals surface area contributed by atoms with E-state index in [9.17, 15) is 23.1 Å². The molecule has 0 bridgehead atoms. The number of likely N-dealkylation sites (tertiary alicyclic amines) is 1. The van der Waals surface area contributed by atoms with Gasteiger partial charge >= 0.3 is 6.18 Å². The van der Waals surface area contributed by atoms with Crippen molar-refractivity contribution in [1.82, 2.24) is 14.7 Å². The first-order valence-electron chi connectivity index (χ1n) is 7.46. The van der Waals surface area contributed by atoms with Gasteiger partial charge in [-0.3, -0.25) is 9.48 Å². The van der Waals surface area contributed by atoms with Gasteiger partial charge in [-0.05, 0) is 30.2 Å². The fraction of sp³-hybridized carbons (Fsp3) is 0.375. The third kappa shape index (κ3) is 3.43. The Bertz CT molecular complexity index is 698. The van der Waals surface area contributed by atoms with Crippen LogP contribution in [0.4, 0.5) is 13.2 Å². The van der Waals surface area contributed by atoms with Crippen LogP contribution in [-0.2, 0) is 17.5 Å². The Balaban J connectivity index is 1.78. The number of aromatic nitrogens is 2. The van der Waals surface area contributed by atoms with Crippen LogP contribution in [0.25, 0.3) is 0 Å². The Morgan fingerprint density at radius 1 is 1.29 bits per heavy atom. The van der Waals surface area contributed by atoms with E-state index in [-0.39, 0.29) is 19.0 Å². The summed E-state index contributed by atoms with van der Waals surface area (Å²) in [5, 5.41) is 13.9. The number of carbonyl (C=O) groups excluding carboxylic acids is 1. The summed E-state index contributed by atoms with van der Waals surface area (Å²) in [6.45, 7) is 0.183. The number of carbonyl (C=O) groups is 1. The first kappa shape index (κ1) is 16.5. The van der Waals surface area contributed by atoms with E-state index in [4.69, 9.17) is 0 Å². The molecule has 1 aliphatic heterocycles. The smallest absolute Gasteiger partial charge is 0.391 e. The Morgan fingerprint density at radius 3 is 2.58 bits per heavy atom. The standard InChI is InChI=1S/C16H16F3N3O2/c17-16(18,19)12-4-2-11(3-5-12)14-8-13(23)9-22(14)15(24)10-21-7-1-6-20-21/h1-7,13-14,23H,8-10H2/t13-,14+/m0/s1. The lowest BCUT2D eigenvalue weighted by Crippen LogP contribution is -2.34. The largest absolute Gasteiger partial charge is 0.416 e. The third-order valence-corrected chi connectivity index (χ3v) is 4.08. The molecular weight excluding hydrogens is 323 g/mol. The number of aliphatic hydroxyl groups excluding tert-OH is 1. The summed E-state index contributed by atoms with van der Waals surface area (Å²) in [6, 6.07) is 5.97. The van der Waals surface area contributed by atoms with E-state index in [1.54, 1.807) is 18.5 Å². The number of hydrogen-bond acceptors (Lipinski definition) is 3. The molecule has 5 nitrogen and oxygen atoms in total. The minimum absolute atomic E-state index is 0.0247. The summed E-state index contributed by atoms with van der Waals surface area (Å²) in [4.78, 5) is 13.9. The molecule has 2 heterocycles. The molecular formula is C16H16F3N3O2. The van der Waals surface area contributed by atoms with Crippen LogP contribution in [0.2, 0.25) is 0 Å². The highest BCUT2D eigenvalue weighted by molar-refractivity contribution is 5.77. The molecule has 2 atom stereocenters. The van der Waals surface area contributed by atoms with Crippen LogP contribution in [0.3, 0.4) is 0 Å². The van der Waals surface area contributed by atoms with Gasteiger partial charge < -0.3 is 10.0 Å². The molecule has 1 fully saturated rings. The predicted octanol–water partition coefficient (Wildman–Crippen LogP) is 2.24. The number of alkyl halides is 3. The van der Waals surface area contributed by atoms with Crippen LogP contribution in [0.15, 0.2) is 42.7 Å². The monoisotopic (exact) mass is 339 g/mol. The summed E-state index contributed by atoms with van der Waals surface area (Å²) in [5.41, 5.74) is -0.160. The zero-order chi connectivity index (χ0) is 17.3. The Morgan fingerprint density at radius 2 is 2.00 bits per heavy atom. The normalized spacial score (nSPS) is 21.2. The van der Waals surface area contributed by atoms with Gasteiger partial charge in [0.25, 0.3) is 0 Å². The van der Waals surface area contributed by atoms with Gasteiger partial charge in [0.2, 0.25) is 5.91 Å². The molecule has 8 heteroatoms. The average molecular weight is 339 g/mol. The molecule has 1 N–H and O–H groups in total. The minimum atomic E-state index is -4.40. The van der Waals surface area contributed by atoms with Crippen LogP contribution in [-0.4, -0.2) is 38.3 Å². The lowest BCUT2D eigenvalue weighted by molar-refractivity contribution is -0.137. The lowest BCUT2D eigenvalue weighted by atomic mass is 10.0. The van der Waals surface area contributed by atoms with Gasteiger partial charge in [0.15, 0.2) is 0 Å². The van der Waals surface area contributed by atoms with E-state index in [0.717, 1.165) is 12.1 Å². The first-order chi connectivity index (χ1) is 11.3. The van der Waals surface area contributed by atoms with Crippen molar-refractivity contribution in [2.45, 2.75) is 31.3 Å². The van der Waals surface area contributed by atoms with Gasteiger partial charge in [0.05, 0.1) is 17.7 Å². The van der Waals surface area contributed by atoms with Crippen molar-refractivity contribution in [3.8, 4) is 0 Å². The van der Waals surface area contributed by atoms with Gasteiger partial charge in [-0.15, -0.1) is 0 Å². The Labute approximate surface area is 136 Å². The van der Waals surface area contributed by atoms with Gasteiger partial charge in [-0.1, -0.05) is 12.1 Å². The van der Waals surface area contributed by atoms with Crippen molar-refractivity contribution in [1.29, 1.82) is 0 Å². The SMILES string of the molecule is O=C(Cn1cccn1)N1C[C@@H](O)C[C@@H]1c1ccc(C(F)(F)F)cc1. The number of halogens is 3. The maximum atomic E-state index is 12.7. The summed E-state index contributed by atoms with van der Waals surface area (Å²) >= 11 is 0. The number of β-amino-alcohol motifs (C(OH)–C–C–N with tert-alkyl or cyclic N) is 1. The van der Waals surface area contributed by atoms with Gasteiger partial charge in [0.1, 0.15) is 6.54 Å².